The van der Waals surface area contributed by atoms with E-state index in [2.05, 4.69) is 10.0 Å². The van der Waals surface area contributed by atoms with Crippen LogP contribution in [0.5, 0.6) is 0 Å². The van der Waals surface area contributed by atoms with Gasteiger partial charge in [-0.25, -0.2) is 22.7 Å². The second-order valence-electron chi connectivity index (χ2n) is 4.36. The Kier molecular flexibility index (Phi) is 6.08. The molecule has 2 amide bonds. The summed E-state index contributed by atoms with van der Waals surface area (Å²) in [4.78, 5) is 24.4. The van der Waals surface area contributed by atoms with Crippen molar-refractivity contribution in [1.29, 1.82) is 0 Å². The third-order valence-corrected chi connectivity index (χ3v) is 4.91. The van der Waals surface area contributed by atoms with Crippen molar-refractivity contribution in [3.8, 4) is 0 Å². The van der Waals surface area contributed by atoms with Crippen molar-refractivity contribution in [3.63, 3.8) is 0 Å². The number of nitrogens with one attached hydrogen (secondary N) is 2. The number of rotatable bonds is 6. The smallest absolute Gasteiger partial charge is 0.327 e. The van der Waals surface area contributed by atoms with Crippen LogP contribution in [0.1, 0.15) is 13.3 Å². The molecule has 0 bridgehead atoms. The molecule has 20 heavy (non-hydrogen) atoms. The second-order valence-corrected chi connectivity index (χ2v) is 7.40. The topological polar surface area (TPSA) is 116 Å². The summed E-state index contributed by atoms with van der Waals surface area (Å²) in [6.07, 6.45) is 1.68. The van der Waals surface area contributed by atoms with E-state index in [-0.39, 0.29) is 18.5 Å². The molecule has 1 aliphatic heterocycles. The van der Waals surface area contributed by atoms with Gasteiger partial charge in [-0.2, -0.15) is 0 Å². The van der Waals surface area contributed by atoms with Gasteiger partial charge < -0.3 is 10.4 Å². The molecular formula is C10H19N3O5S2. The van der Waals surface area contributed by atoms with Crippen LogP contribution >= 0.6 is 11.8 Å². The van der Waals surface area contributed by atoms with E-state index in [1.54, 1.807) is 0 Å². The van der Waals surface area contributed by atoms with Crippen molar-refractivity contribution < 1.29 is 23.1 Å². The molecular weight excluding hydrogens is 306 g/mol. The monoisotopic (exact) mass is 325 g/mol. The molecule has 0 aliphatic carbocycles. The van der Waals surface area contributed by atoms with E-state index in [4.69, 9.17) is 5.11 Å². The van der Waals surface area contributed by atoms with Crippen molar-refractivity contribution in [2.75, 3.05) is 25.1 Å². The molecule has 0 saturated carbocycles. The van der Waals surface area contributed by atoms with Crippen molar-refractivity contribution in [2.24, 2.45) is 0 Å². The van der Waals surface area contributed by atoms with Crippen LogP contribution in [0, 0.1) is 0 Å². The molecule has 1 rings (SSSR count). The zero-order valence-electron chi connectivity index (χ0n) is 11.3. The van der Waals surface area contributed by atoms with Crippen LogP contribution in [-0.4, -0.2) is 66.9 Å². The van der Waals surface area contributed by atoms with E-state index in [0.29, 0.717) is 12.2 Å². The number of urea groups is 1. The Bertz CT molecular complexity index is 468. The highest BCUT2D eigenvalue weighted by Gasteiger charge is 2.40. The maximum Gasteiger partial charge on any atom is 0.327 e. The first-order valence-electron chi connectivity index (χ1n) is 6.11. The number of aliphatic carboxylic acids is 1. The lowest BCUT2D eigenvalue weighted by molar-refractivity contribution is -0.141. The Morgan fingerprint density at radius 2 is 2.05 bits per heavy atom. The Balaban J connectivity index is 2.53. The van der Waals surface area contributed by atoms with Gasteiger partial charge in [-0.3, -0.25) is 4.90 Å². The molecule has 10 heteroatoms. The highest BCUT2D eigenvalue weighted by molar-refractivity contribution is 8.00. The number of carbonyl (C=O) groups excluding carboxylic acids is 1. The van der Waals surface area contributed by atoms with Crippen LogP contribution in [0.25, 0.3) is 0 Å². The van der Waals surface area contributed by atoms with Gasteiger partial charge in [0.1, 0.15) is 6.04 Å². The fraction of sp³-hybridized carbons (Fsp3) is 0.800. The molecule has 0 aromatic rings. The predicted molar refractivity (Wildman–Crippen MR) is 76.0 cm³/mol. The summed E-state index contributed by atoms with van der Waals surface area (Å²) >= 11 is 1.43. The maximum atomic E-state index is 12.0. The van der Waals surface area contributed by atoms with E-state index in [9.17, 15) is 18.0 Å². The van der Waals surface area contributed by atoms with Crippen molar-refractivity contribution in [1.82, 2.24) is 14.9 Å². The molecule has 0 aromatic carbocycles. The Labute approximate surface area is 122 Å². The first kappa shape index (κ1) is 17.1. The van der Waals surface area contributed by atoms with E-state index in [0.717, 1.165) is 6.26 Å². The number of hydrogen-bond donors (Lipinski definition) is 3. The molecule has 8 nitrogen and oxygen atoms in total. The zero-order valence-corrected chi connectivity index (χ0v) is 13.0. The van der Waals surface area contributed by atoms with E-state index >= 15 is 0 Å². The van der Waals surface area contributed by atoms with Gasteiger partial charge in [0.15, 0.2) is 0 Å². The molecule has 2 unspecified atom stereocenters. The van der Waals surface area contributed by atoms with E-state index < -0.39 is 28.1 Å². The Morgan fingerprint density at radius 1 is 1.40 bits per heavy atom. The highest BCUT2D eigenvalue weighted by Crippen LogP contribution is 2.31. The van der Waals surface area contributed by atoms with Crippen LogP contribution in [0.15, 0.2) is 0 Å². The van der Waals surface area contributed by atoms with Crippen LogP contribution in [0.4, 0.5) is 4.79 Å². The van der Waals surface area contributed by atoms with Gasteiger partial charge >= 0.3 is 12.0 Å². The maximum absolute atomic E-state index is 12.0. The van der Waals surface area contributed by atoms with Gasteiger partial charge in [0, 0.05) is 18.8 Å². The number of amides is 2. The molecule has 0 aromatic heterocycles. The summed E-state index contributed by atoms with van der Waals surface area (Å²) < 4.78 is 24.0. The van der Waals surface area contributed by atoms with Crippen molar-refractivity contribution >= 4 is 33.8 Å². The van der Waals surface area contributed by atoms with Crippen molar-refractivity contribution in [3.05, 3.63) is 0 Å². The van der Waals surface area contributed by atoms with Crippen LogP contribution in [-0.2, 0) is 14.8 Å². The fourth-order valence-electron chi connectivity index (χ4n) is 1.84. The van der Waals surface area contributed by atoms with Gasteiger partial charge in [-0.15, -0.1) is 11.8 Å². The molecule has 1 heterocycles. The Morgan fingerprint density at radius 3 is 2.55 bits per heavy atom. The molecule has 1 saturated heterocycles. The van der Waals surface area contributed by atoms with Crippen LogP contribution in [0.3, 0.4) is 0 Å². The second kappa shape index (κ2) is 7.14. The molecule has 2 atom stereocenters. The molecule has 3 N–H and O–H groups in total. The van der Waals surface area contributed by atoms with E-state index in [1.807, 2.05) is 6.92 Å². The summed E-state index contributed by atoms with van der Waals surface area (Å²) in [6, 6.07) is -1.32. The van der Waals surface area contributed by atoms with Gasteiger partial charge in [-0.05, 0) is 6.42 Å². The SMILES string of the molecule is CCC1SCC(C(=O)O)N1C(=O)NCCNS(C)(=O)=O. The molecule has 0 spiro atoms. The third-order valence-electron chi connectivity index (χ3n) is 2.73. The number of carboxylic acids is 1. The molecule has 0 radical (unpaired) electrons. The highest BCUT2D eigenvalue weighted by atomic mass is 32.2. The average Bonchev–Trinajstić information content (AvgIpc) is 2.77. The van der Waals surface area contributed by atoms with E-state index in [1.165, 1.54) is 16.7 Å². The first-order chi connectivity index (χ1) is 9.26. The summed E-state index contributed by atoms with van der Waals surface area (Å²) in [5.74, 6) is -0.666. The first-order valence-corrected chi connectivity index (χ1v) is 9.05. The molecule has 1 fully saturated rings. The quantitative estimate of drug-likeness (QED) is 0.566. The largest absolute Gasteiger partial charge is 0.480 e. The number of hydrogen-bond acceptors (Lipinski definition) is 5. The fourth-order valence-corrected chi connectivity index (χ4v) is 3.66. The zero-order chi connectivity index (χ0) is 15.3. The van der Waals surface area contributed by atoms with Gasteiger partial charge in [-0.1, -0.05) is 6.92 Å². The third kappa shape index (κ3) is 4.84. The minimum absolute atomic E-state index is 0.0695. The lowest BCUT2D eigenvalue weighted by atomic mass is 10.3. The number of nitrogens with zero attached hydrogens (tertiary/aromatic N) is 1. The summed E-state index contributed by atoms with van der Waals surface area (Å²) in [7, 11) is -3.29. The lowest BCUT2D eigenvalue weighted by Crippen LogP contribution is -2.51. The van der Waals surface area contributed by atoms with Gasteiger partial charge in [0.2, 0.25) is 10.0 Å². The number of sulfonamides is 1. The minimum Gasteiger partial charge on any atom is -0.480 e. The summed E-state index contributed by atoms with van der Waals surface area (Å²) in [5, 5.41) is 11.5. The summed E-state index contributed by atoms with van der Waals surface area (Å²) in [6.45, 7) is 2.06. The van der Waals surface area contributed by atoms with Gasteiger partial charge in [0.05, 0.1) is 11.6 Å². The van der Waals surface area contributed by atoms with Crippen LogP contribution < -0.4 is 10.0 Å². The number of thioether (sulfide) groups is 1. The van der Waals surface area contributed by atoms with Gasteiger partial charge in [0.25, 0.3) is 0 Å². The Hall–Kier alpha value is -1.00. The number of carboxylic acid groups (broad SMARTS) is 1. The predicted octanol–water partition coefficient (Wildman–Crippen LogP) is -0.517. The normalized spacial score (nSPS) is 22.8. The number of carbonyl (C=O) groups is 2. The van der Waals surface area contributed by atoms with Crippen molar-refractivity contribution in [2.45, 2.75) is 24.8 Å². The lowest BCUT2D eigenvalue weighted by Gasteiger charge is -2.26. The standard InChI is InChI=1S/C10H19N3O5S2/c1-3-8-13(7(6-19-8)9(14)15)10(16)11-4-5-12-20(2,17)18/h7-8,12H,3-6H2,1-2H3,(H,11,16)(H,14,15). The minimum atomic E-state index is -3.29. The summed E-state index contributed by atoms with van der Waals surface area (Å²) in [5.41, 5.74) is 0. The van der Waals surface area contributed by atoms with Crippen LogP contribution in [0.2, 0.25) is 0 Å². The average molecular weight is 325 g/mol. The molecule has 1 aliphatic rings. The molecule has 116 valence electrons.